The topological polar surface area (TPSA) is 45.0 Å². The molecule has 0 fully saturated rings. The Bertz CT molecular complexity index is 602. The fourth-order valence-corrected chi connectivity index (χ4v) is 1.92. The third-order valence-corrected chi connectivity index (χ3v) is 2.97. The predicted molar refractivity (Wildman–Crippen MR) is 76.2 cm³/mol. The van der Waals surface area contributed by atoms with Gasteiger partial charge in [-0.25, -0.2) is 0 Å². The summed E-state index contributed by atoms with van der Waals surface area (Å²) in [5.41, 5.74) is 2.74. The molecular weight excluding hydrogens is 236 g/mol. The van der Waals surface area contributed by atoms with Crippen LogP contribution in [0, 0.1) is 11.3 Å². The van der Waals surface area contributed by atoms with Gasteiger partial charge in [0.25, 0.3) is 0 Å². The number of anilines is 1. The molecule has 2 rings (SSSR count). The van der Waals surface area contributed by atoms with Crippen molar-refractivity contribution in [3.63, 3.8) is 0 Å². The van der Waals surface area contributed by atoms with Crippen LogP contribution in [0.15, 0.2) is 48.5 Å². The fraction of sp³-hybridized carbons (Fsp3) is 0.188. The van der Waals surface area contributed by atoms with Crippen LogP contribution in [0.25, 0.3) is 0 Å². The molecule has 0 aliphatic carbocycles. The molecule has 2 aromatic carbocycles. The summed E-state index contributed by atoms with van der Waals surface area (Å²) in [4.78, 5) is 0. The quantitative estimate of drug-likeness (QED) is 0.901. The zero-order valence-electron chi connectivity index (χ0n) is 11.1. The van der Waals surface area contributed by atoms with E-state index < -0.39 is 0 Å². The molecule has 1 N–H and O–H groups in total. The van der Waals surface area contributed by atoms with E-state index >= 15 is 0 Å². The lowest BCUT2D eigenvalue weighted by Crippen LogP contribution is -2.06. The van der Waals surface area contributed by atoms with Crippen LogP contribution in [-0.2, 0) is 0 Å². The van der Waals surface area contributed by atoms with Crippen molar-refractivity contribution in [2.75, 3.05) is 12.4 Å². The first-order chi connectivity index (χ1) is 9.22. The lowest BCUT2D eigenvalue weighted by atomic mass is 10.1. The minimum absolute atomic E-state index is 0.143. The zero-order chi connectivity index (χ0) is 13.7. The van der Waals surface area contributed by atoms with Crippen LogP contribution in [-0.4, -0.2) is 7.11 Å². The number of rotatable bonds is 4. The molecule has 0 amide bonds. The zero-order valence-corrected chi connectivity index (χ0v) is 11.1. The van der Waals surface area contributed by atoms with Gasteiger partial charge in [0.1, 0.15) is 5.75 Å². The summed E-state index contributed by atoms with van der Waals surface area (Å²) in [5, 5.41) is 12.3. The first kappa shape index (κ1) is 13.0. The molecule has 0 bridgehead atoms. The van der Waals surface area contributed by atoms with Crippen LogP contribution in [0.1, 0.15) is 24.1 Å². The molecule has 0 saturated carbocycles. The number of nitrogens with zero attached hydrogens (tertiary/aromatic N) is 1. The average molecular weight is 252 g/mol. The maximum atomic E-state index is 8.89. The molecule has 0 heterocycles. The highest BCUT2D eigenvalue weighted by Gasteiger charge is 2.06. The molecule has 0 saturated heterocycles. The van der Waals surface area contributed by atoms with Crippen molar-refractivity contribution < 1.29 is 4.74 Å². The van der Waals surface area contributed by atoms with Crippen molar-refractivity contribution in [1.82, 2.24) is 0 Å². The standard InChI is InChI=1S/C16H16N2O/c1-12(14-6-4-8-16(10-14)19-2)18-15-7-3-5-13(9-15)11-17/h3-10,12,18H,1-2H3. The lowest BCUT2D eigenvalue weighted by molar-refractivity contribution is 0.414. The van der Waals surface area contributed by atoms with E-state index in [0.29, 0.717) is 5.56 Å². The van der Waals surface area contributed by atoms with Crippen molar-refractivity contribution >= 4 is 5.69 Å². The van der Waals surface area contributed by atoms with E-state index in [0.717, 1.165) is 17.0 Å². The molecule has 19 heavy (non-hydrogen) atoms. The summed E-state index contributed by atoms with van der Waals surface area (Å²) in [7, 11) is 1.66. The van der Waals surface area contributed by atoms with Gasteiger partial charge in [-0.1, -0.05) is 18.2 Å². The predicted octanol–water partition coefficient (Wildman–Crippen LogP) is 3.74. The maximum absolute atomic E-state index is 8.89. The van der Waals surface area contributed by atoms with Crippen LogP contribution in [0.4, 0.5) is 5.69 Å². The van der Waals surface area contributed by atoms with E-state index in [-0.39, 0.29) is 6.04 Å². The molecule has 3 nitrogen and oxygen atoms in total. The maximum Gasteiger partial charge on any atom is 0.119 e. The highest BCUT2D eigenvalue weighted by Crippen LogP contribution is 2.23. The number of nitrogens with one attached hydrogen (secondary N) is 1. The molecule has 1 unspecified atom stereocenters. The second-order valence-corrected chi connectivity index (χ2v) is 4.34. The number of methoxy groups -OCH3 is 1. The molecule has 0 radical (unpaired) electrons. The average Bonchev–Trinajstić information content (AvgIpc) is 2.47. The van der Waals surface area contributed by atoms with Gasteiger partial charge in [-0.15, -0.1) is 0 Å². The number of nitriles is 1. The van der Waals surface area contributed by atoms with Gasteiger partial charge >= 0.3 is 0 Å². The molecule has 0 aromatic heterocycles. The van der Waals surface area contributed by atoms with Crippen LogP contribution in [0.3, 0.4) is 0 Å². The van der Waals surface area contributed by atoms with Gasteiger partial charge < -0.3 is 10.1 Å². The first-order valence-corrected chi connectivity index (χ1v) is 6.13. The molecular formula is C16H16N2O. The van der Waals surface area contributed by atoms with Crippen LogP contribution in [0.5, 0.6) is 5.75 Å². The molecule has 0 aliphatic rings. The SMILES string of the molecule is COc1cccc(C(C)Nc2cccc(C#N)c2)c1. The van der Waals surface area contributed by atoms with Crippen LogP contribution >= 0.6 is 0 Å². The Labute approximate surface area is 113 Å². The second-order valence-electron chi connectivity index (χ2n) is 4.34. The third kappa shape index (κ3) is 3.26. The Hall–Kier alpha value is -2.47. The van der Waals surface area contributed by atoms with Gasteiger partial charge in [0.2, 0.25) is 0 Å². The van der Waals surface area contributed by atoms with Gasteiger partial charge in [0.05, 0.1) is 18.7 Å². The lowest BCUT2D eigenvalue weighted by Gasteiger charge is -2.16. The van der Waals surface area contributed by atoms with Gasteiger partial charge in [0, 0.05) is 11.7 Å². The van der Waals surface area contributed by atoms with Crippen molar-refractivity contribution in [1.29, 1.82) is 5.26 Å². The third-order valence-electron chi connectivity index (χ3n) is 2.97. The molecule has 96 valence electrons. The van der Waals surface area contributed by atoms with Gasteiger partial charge in [-0.3, -0.25) is 0 Å². The number of ether oxygens (including phenoxy) is 1. The normalized spacial score (nSPS) is 11.4. The Balaban J connectivity index is 2.15. The van der Waals surface area contributed by atoms with Gasteiger partial charge in [-0.05, 0) is 42.8 Å². The largest absolute Gasteiger partial charge is 0.497 e. The Morgan fingerprint density at radius 2 is 1.95 bits per heavy atom. The Morgan fingerprint density at radius 1 is 1.16 bits per heavy atom. The van der Waals surface area contributed by atoms with Gasteiger partial charge in [0.15, 0.2) is 0 Å². The van der Waals surface area contributed by atoms with Crippen LogP contribution in [0.2, 0.25) is 0 Å². The molecule has 0 aliphatic heterocycles. The van der Waals surface area contributed by atoms with E-state index in [2.05, 4.69) is 18.3 Å². The fourth-order valence-electron chi connectivity index (χ4n) is 1.92. The summed E-state index contributed by atoms with van der Waals surface area (Å²) < 4.78 is 5.22. The monoisotopic (exact) mass is 252 g/mol. The minimum Gasteiger partial charge on any atom is -0.497 e. The molecule has 3 heteroatoms. The van der Waals surface area contributed by atoms with E-state index in [4.69, 9.17) is 10.00 Å². The number of hydrogen-bond donors (Lipinski definition) is 1. The molecule has 2 aromatic rings. The van der Waals surface area contributed by atoms with E-state index in [1.54, 1.807) is 13.2 Å². The van der Waals surface area contributed by atoms with Crippen molar-refractivity contribution in [3.8, 4) is 11.8 Å². The highest BCUT2D eigenvalue weighted by molar-refractivity contribution is 5.50. The summed E-state index contributed by atoms with van der Waals surface area (Å²) in [6.45, 7) is 2.08. The Kier molecular flexibility index (Phi) is 4.04. The van der Waals surface area contributed by atoms with E-state index in [1.165, 1.54) is 0 Å². The minimum atomic E-state index is 0.143. The van der Waals surface area contributed by atoms with Crippen LogP contribution < -0.4 is 10.1 Å². The summed E-state index contributed by atoms with van der Waals surface area (Å²) in [6.07, 6.45) is 0. The Morgan fingerprint density at radius 3 is 2.68 bits per heavy atom. The van der Waals surface area contributed by atoms with Crippen molar-refractivity contribution in [2.24, 2.45) is 0 Å². The number of hydrogen-bond acceptors (Lipinski definition) is 3. The highest BCUT2D eigenvalue weighted by atomic mass is 16.5. The van der Waals surface area contributed by atoms with Gasteiger partial charge in [-0.2, -0.15) is 5.26 Å². The molecule has 0 spiro atoms. The number of benzene rings is 2. The first-order valence-electron chi connectivity index (χ1n) is 6.13. The molecule has 1 atom stereocenters. The van der Waals surface area contributed by atoms with Crippen molar-refractivity contribution in [2.45, 2.75) is 13.0 Å². The van der Waals surface area contributed by atoms with E-state index in [9.17, 15) is 0 Å². The van der Waals surface area contributed by atoms with E-state index in [1.807, 2.05) is 42.5 Å². The summed E-state index contributed by atoms with van der Waals surface area (Å²) in [6, 6.07) is 17.7. The summed E-state index contributed by atoms with van der Waals surface area (Å²) >= 11 is 0. The van der Waals surface area contributed by atoms with Crippen molar-refractivity contribution in [3.05, 3.63) is 59.7 Å². The summed E-state index contributed by atoms with van der Waals surface area (Å²) in [5.74, 6) is 0.844. The smallest absolute Gasteiger partial charge is 0.119 e. The second kappa shape index (κ2) is 5.92.